The van der Waals surface area contributed by atoms with E-state index < -0.39 is 0 Å². The lowest BCUT2D eigenvalue weighted by Gasteiger charge is -2.34. The van der Waals surface area contributed by atoms with E-state index >= 15 is 0 Å². The van der Waals surface area contributed by atoms with Crippen molar-refractivity contribution >= 4 is 23.7 Å². The Labute approximate surface area is 157 Å². The van der Waals surface area contributed by atoms with Gasteiger partial charge in [0.15, 0.2) is 0 Å². The van der Waals surface area contributed by atoms with Gasteiger partial charge in [-0.25, -0.2) is 4.98 Å². The van der Waals surface area contributed by atoms with Gasteiger partial charge in [0.1, 0.15) is 5.75 Å². The lowest BCUT2D eigenvalue weighted by Crippen LogP contribution is -2.49. The number of benzene rings is 1. The van der Waals surface area contributed by atoms with Crippen molar-refractivity contribution < 1.29 is 18.9 Å². The largest absolute Gasteiger partial charge is 0.497 e. The number of hydrogen-bond donors (Lipinski definition) is 1. The molecule has 1 aliphatic heterocycles. The second-order valence-electron chi connectivity index (χ2n) is 5.41. The number of ether oxygens (including phenoxy) is 2. The average molecular weight is 381 g/mol. The summed E-state index contributed by atoms with van der Waals surface area (Å²) >= 11 is 3.64. The monoisotopic (exact) mass is 380 g/mol. The van der Waals surface area contributed by atoms with Gasteiger partial charge in [0.2, 0.25) is 11.8 Å². The maximum Gasteiger partial charge on any atom is 0.254 e. The number of aromatic nitrogens is 2. The quantitative estimate of drug-likeness (QED) is 0.861. The van der Waals surface area contributed by atoms with E-state index in [1.165, 1.54) is 0 Å². The van der Waals surface area contributed by atoms with Crippen LogP contribution in [-0.2, 0) is 0 Å². The molecular weight excluding hydrogens is 360 g/mol. The molecule has 0 radical (unpaired) electrons. The van der Waals surface area contributed by atoms with Gasteiger partial charge >= 0.3 is 0 Å². The molecule has 3 rings (SSSR count). The molecule has 1 saturated heterocycles. The number of anilines is 1. The molecule has 0 aliphatic carbocycles. The maximum absolute atomic E-state index is 12.6. The lowest BCUT2D eigenvalue weighted by molar-refractivity contribution is 0.0746. The van der Waals surface area contributed by atoms with Crippen molar-refractivity contribution in [2.75, 3.05) is 45.3 Å². The third-order valence-electron chi connectivity index (χ3n) is 3.99. The predicted molar refractivity (Wildman–Crippen MR) is 97.8 cm³/mol. The fraction of sp³-hybridized carbons (Fsp3) is 0.353. The Morgan fingerprint density at radius 1 is 1.12 bits per heavy atom. The van der Waals surface area contributed by atoms with E-state index in [2.05, 4.69) is 26.7 Å². The zero-order valence-electron chi connectivity index (χ0n) is 14.6. The molecule has 0 spiro atoms. The SMILES string of the molecule is COc1cccc(C(=O)N2CCN(c3nccc(OC)n3)CC2)c1.OCl. The highest BCUT2D eigenvalue weighted by Gasteiger charge is 2.23. The van der Waals surface area contributed by atoms with Crippen molar-refractivity contribution in [1.29, 1.82) is 0 Å². The highest BCUT2D eigenvalue weighted by molar-refractivity contribution is 6.04. The third kappa shape index (κ3) is 4.74. The smallest absolute Gasteiger partial charge is 0.254 e. The van der Waals surface area contributed by atoms with E-state index in [1.807, 2.05) is 23.1 Å². The number of amides is 1. The van der Waals surface area contributed by atoms with Crippen LogP contribution in [0, 0.1) is 0 Å². The van der Waals surface area contributed by atoms with Gasteiger partial charge in [-0.05, 0) is 18.2 Å². The minimum absolute atomic E-state index is 0.0140. The maximum atomic E-state index is 12.6. The van der Waals surface area contributed by atoms with Crippen molar-refractivity contribution in [3.05, 3.63) is 42.1 Å². The Bertz CT molecular complexity index is 723. The van der Waals surface area contributed by atoms with Crippen molar-refractivity contribution in [2.24, 2.45) is 0 Å². The summed E-state index contributed by atoms with van der Waals surface area (Å²) in [6, 6.07) is 8.94. The molecule has 26 heavy (non-hydrogen) atoms. The summed E-state index contributed by atoms with van der Waals surface area (Å²) in [6.07, 6.45) is 1.68. The number of piperazine rings is 1. The molecule has 1 aromatic carbocycles. The van der Waals surface area contributed by atoms with Gasteiger partial charge < -0.3 is 19.3 Å². The van der Waals surface area contributed by atoms with Crippen LogP contribution in [0.1, 0.15) is 10.4 Å². The normalized spacial score (nSPS) is 13.5. The fourth-order valence-electron chi connectivity index (χ4n) is 2.65. The Balaban J connectivity index is 0.00000117. The van der Waals surface area contributed by atoms with E-state index in [0.29, 0.717) is 49.3 Å². The molecular formula is C17H21ClN4O4. The predicted octanol–water partition coefficient (Wildman–Crippen LogP) is 1.59. The number of halogens is 1. The minimum atomic E-state index is 0.0140. The second-order valence-corrected chi connectivity index (χ2v) is 5.41. The van der Waals surface area contributed by atoms with Crippen molar-refractivity contribution in [1.82, 2.24) is 14.9 Å². The molecule has 0 unspecified atom stereocenters. The van der Waals surface area contributed by atoms with Crippen LogP contribution in [0.4, 0.5) is 5.95 Å². The highest BCUT2D eigenvalue weighted by Crippen LogP contribution is 2.18. The molecule has 2 heterocycles. The molecule has 2 aromatic rings. The Kier molecular flexibility index (Phi) is 7.43. The molecule has 0 saturated carbocycles. The van der Waals surface area contributed by atoms with Crippen LogP contribution in [0.15, 0.2) is 36.5 Å². The van der Waals surface area contributed by atoms with Crippen LogP contribution in [0.3, 0.4) is 0 Å². The van der Waals surface area contributed by atoms with E-state index in [9.17, 15) is 4.79 Å². The minimum Gasteiger partial charge on any atom is -0.497 e. The standard InChI is InChI=1S/C17H20N4O3.ClHO/c1-23-14-5-3-4-13(12-14)16(22)20-8-10-21(11-9-20)17-18-7-6-15(19-17)24-2;1-2/h3-7,12H,8-11H2,1-2H3;2H. The first-order valence-corrected chi connectivity index (χ1v) is 8.27. The molecule has 0 bridgehead atoms. The zero-order valence-corrected chi connectivity index (χ0v) is 15.4. The van der Waals surface area contributed by atoms with Gasteiger partial charge in [0.25, 0.3) is 5.91 Å². The summed E-state index contributed by atoms with van der Waals surface area (Å²) in [7, 11) is 3.17. The van der Waals surface area contributed by atoms with E-state index in [1.54, 1.807) is 32.5 Å². The molecule has 1 fully saturated rings. The summed E-state index contributed by atoms with van der Waals surface area (Å²) in [5.41, 5.74) is 0.639. The number of methoxy groups -OCH3 is 2. The van der Waals surface area contributed by atoms with E-state index in [4.69, 9.17) is 14.1 Å². The van der Waals surface area contributed by atoms with Crippen LogP contribution in [-0.4, -0.2) is 65.8 Å². The zero-order chi connectivity index (χ0) is 18.9. The van der Waals surface area contributed by atoms with Crippen LogP contribution < -0.4 is 14.4 Å². The summed E-state index contributed by atoms with van der Waals surface area (Å²) in [4.78, 5) is 25.1. The van der Waals surface area contributed by atoms with Gasteiger partial charge in [-0.3, -0.25) is 9.45 Å². The van der Waals surface area contributed by atoms with E-state index in [0.717, 1.165) is 0 Å². The summed E-state index contributed by atoms with van der Waals surface area (Å²) in [6.45, 7) is 2.61. The molecule has 1 aromatic heterocycles. The average Bonchev–Trinajstić information content (AvgIpc) is 2.75. The van der Waals surface area contributed by atoms with Crippen LogP contribution >= 0.6 is 11.9 Å². The van der Waals surface area contributed by atoms with Gasteiger partial charge in [0.05, 0.1) is 26.1 Å². The Hall–Kier alpha value is -2.58. The first kappa shape index (κ1) is 19.7. The van der Waals surface area contributed by atoms with Gasteiger partial charge in [-0.2, -0.15) is 4.98 Å². The van der Waals surface area contributed by atoms with Crippen molar-refractivity contribution in [3.63, 3.8) is 0 Å². The van der Waals surface area contributed by atoms with Gasteiger partial charge in [-0.1, -0.05) is 6.07 Å². The topological polar surface area (TPSA) is 88.0 Å². The summed E-state index contributed by atoms with van der Waals surface area (Å²) in [5, 5.41) is 0. The molecule has 9 heteroatoms. The first-order chi connectivity index (χ1) is 12.7. The Morgan fingerprint density at radius 3 is 2.50 bits per heavy atom. The molecule has 1 amide bonds. The lowest BCUT2D eigenvalue weighted by atomic mass is 10.1. The highest BCUT2D eigenvalue weighted by atomic mass is 35.5. The van der Waals surface area contributed by atoms with Crippen LogP contribution in [0.2, 0.25) is 0 Å². The second kappa shape index (κ2) is 9.79. The molecule has 0 atom stereocenters. The van der Waals surface area contributed by atoms with Gasteiger partial charge in [0, 0.05) is 44.0 Å². The number of hydrogen-bond acceptors (Lipinski definition) is 7. The van der Waals surface area contributed by atoms with Crippen LogP contribution in [0.25, 0.3) is 0 Å². The molecule has 1 aliphatic rings. The molecule has 8 nitrogen and oxygen atoms in total. The van der Waals surface area contributed by atoms with E-state index in [-0.39, 0.29) is 5.91 Å². The number of carbonyl (C=O) groups is 1. The van der Waals surface area contributed by atoms with Crippen molar-refractivity contribution in [3.8, 4) is 11.6 Å². The fourth-order valence-corrected chi connectivity index (χ4v) is 2.65. The Morgan fingerprint density at radius 2 is 1.85 bits per heavy atom. The number of rotatable bonds is 4. The van der Waals surface area contributed by atoms with Crippen LogP contribution in [0.5, 0.6) is 11.6 Å². The summed E-state index contributed by atoms with van der Waals surface area (Å²) in [5.74, 6) is 1.86. The molecule has 140 valence electrons. The summed E-state index contributed by atoms with van der Waals surface area (Å²) < 4.78 is 16.8. The first-order valence-electron chi connectivity index (χ1n) is 7.93. The third-order valence-corrected chi connectivity index (χ3v) is 3.99. The number of nitrogens with zero attached hydrogens (tertiary/aromatic N) is 4. The molecule has 1 N–H and O–H groups in total. The number of carbonyl (C=O) groups excluding carboxylic acids is 1. The van der Waals surface area contributed by atoms with Crippen molar-refractivity contribution in [2.45, 2.75) is 0 Å². The van der Waals surface area contributed by atoms with Gasteiger partial charge in [-0.15, -0.1) is 0 Å².